The van der Waals surface area contributed by atoms with Gasteiger partial charge in [0, 0.05) is 6.92 Å². The van der Waals surface area contributed by atoms with Crippen molar-refractivity contribution in [3.63, 3.8) is 0 Å². The lowest BCUT2D eigenvalue weighted by atomic mass is 10.4. The van der Waals surface area contributed by atoms with Gasteiger partial charge in [-0.1, -0.05) is 0 Å². The van der Waals surface area contributed by atoms with Gasteiger partial charge in [0.1, 0.15) is 0 Å². The third-order valence-electron chi connectivity index (χ3n) is 0.771. The van der Waals surface area contributed by atoms with Crippen molar-refractivity contribution >= 4 is 5.91 Å². The first-order valence-electron chi connectivity index (χ1n) is 2.76. The van der Waals surface area contributed by atoms with Crippen molar-refractivity contribution < 1.29 is 22.4 Å². The number of carbonyl (C=O) groups excluding carboxylic acids is 1. The number of hydrogen-bond donors (Lipinski definition) is 1. The molecule has 66 valence electrons. The average Bonchev–Trinajstić information content (AvgIpc) is 1.80. The van der Waals surface area contributed by atoms with E-state index in [-0.39, 0.29) is 0 Å². The second-order valence-corrected chi connectivity index (χ2v) is 2.09. The minimum atomic E-state index is -3.24. The van der Waals surface area contributed by atoms with Gasteiger partial charge in [0.2, 0.25) is 0 Å². The van der Waals surface area contributed by atoms with E-state index in [0.717, 1.165) is 0 Å². The lowest BCUT2D eigenvalue weighted by Crippen LogP contribution is -2.37. The Morgan fingerprint density at radius 2 is 2.00 bits per heavy atom. The number of nitrogens with one attached hydrogen (secondary N) is 1. The highest BCUT2D eigenvalue weighted by atomic mass is 19.3. The van der Waals surface area contributed by atoms with Crippen LogP contribution in [0.5, 0.6) is 0 Å². The maximum absolute atomic E-state index is 11.9. The van der Waals surface area contributed by atoms with Crippen LogP contribution >= 0.6 is 0 Å². The predicted octanol–water partition coefficient (Wildman–Crippen LogP) is 1.02. The first kappa shape index (κ1) is 10.2. The molecule has 0 atom stereocenters. The molecular formula is C5H7F4NO. The van der Waals surface area contributed by atoms with Crippen LogP contribution in [0.25, 0.3) is 0 Å². The highest BCUT2D eigenvalue weighted by molar-refractivity contribution is 5.79. The van der Waals surface area contributed by atoms with Crippen molar-refractivity contribution in [3.05, 3.63) is 0 Å². The van der Waals surface area contributed by atoms with Crippen molar-refractivity contribution in [2.24, 2.45) is 0 Å². The van der Waals surface area contributed by atoms with Crippen LogP contribution in [0.4, 0.5) is 17.6 Å². The van der Waals surface area contributed by atoms with Crippen LogP contribution in [0.15, 0.2) is 0 Å². The van der Waals surface area contributed by atoms with Crippen LogP contribution in [0.3, 0.4) is 0 Å². The molecule has 0 rings (SSSR count). The molecule has 0 spiro atoms. The van der Waals surface area contributed by atoms with E-state index < -0.39 is 24.8 Å². The van der Waals surface area contributed by atoms with Crippen LogP contribution in [-0.4, -0.2) is 24.8 Å². The topological polar surface area (TPSA) is 29.1 Å². The molecule has 11 heavy (non-hydrogen) atoms. The zero-order valence-electron chi connectivity index (χ0n) is 5.70. The number of rotatable bonds is 3. The van der Waals surface area contributed by atoms with Crippen LogP contribution in [0.1, 0.15) is 6.92 Å². The summed E-state index contributed by atoms with van der Waals surface area (Å²) >= 11 is 0. The molecule has 0 saturated heterocycles. The van der Waals surface area contributed by atoms with Crippen molar-refractivity contribution in [1.82, 2.24) is 5.32 Å². The summed E-state index contributed by atoms with van der Waals surface area (Å²) < 4.78 is 46.5. The summed E-state index contributed by atoms with van der Waals surface area (Å²) in [5.74, 6) is -4.82. The van der Waals surface area contributed by atoms with Gasteiger partial charge in [-0.2, -0.15) is 8.78 Å². The standard InChI is InChI=1S/C5H7F4NO/c1-5(8,9)2-10-4(11)3(6)7/h3H,2H2,1H3,(H,10,11). The Kier molecular flexibility index (Phi) is 3.28. The van der Waals surface area contributed by atoms with Crippen LogP contribution in [0, 0.1) is 0 Å². The highest BCUT2D eigenvalue weighted by Crippen LogP contribution is 2.08. The second-order valence-electron chi connectivity index (χ2n) is 2.09. The van der Waals surface area contributed by atoms with Gasteiger partial charge >= 0.3 is 6.43 Å². The molecule has 2 nitrogen and oxygen atoms in total. The van der Waals surface area contributed by atoms with Gasteiger partial charge < -0.3 is 5.32 Å². The predicted molar refractivity (Wildman–Crippen MR) is 29.6 cm³/mol. The Morgan fingerprint density at radius 3 is 2.27 bits per heavy atom. The van der Waals surface area contributed by atoms with Gasteiger partial charge in [-0.25, -0.2) is 8.78 Å². The molecule has 0 aromatic carbocycles. The largest absolute Gasteiger partial charge is 0.345 e. The quantitative estimate of drug-likeness (QED) is 0.634. The number of carbonyl (C=O) groups is 1. The summed E-state index contributed by atoms with van der Waals surface area (Å²) in [7, 11) is 0. The number of amides is 1. The summed E-state index contributed by atoms with van der Waals surface area (Å²) in [5.41, 5.74) is 0. The summed E-state index contributed by atoms with van der Waals surface area (Å²) in [6.45, 7) is -0.533. The molecule has 6 heteroatoms. The Bertz CT molecular complexity index is 142. The van der Waals surface area contributed by atoms with E-state index in [9.17, 15) is 22.4 Å². The van der Waals surface area contributed by atoms with Gasteiger partial charge in [-0.15, -0.1) is 0 Å². The van der Waals surface area contributed by atoms with Crippen LogP contribution in [-0.2, 0) is 4.79 Å². The van der Waals surface area contributed by atoms with Gasteiger partial charge in [0.05, 0.1) is 6.54 Å². The van der Waals surface area contributed by atoms with E-state index >= 15 is 0 Å². The molecular weight excluding hydrogens is 166 g/mol. The van der Waals surface area contributed by atoms with E-state index in [1.165, 1.54) is 5.32 Å². The Hall–Kier alpha value is -0.810. The van der Waals surface area contributed by atoms with Crippen molar-refractivity contribution in [1.29, 1.82) is 0 Å². The molecule has 0 aromatic rings. The summed E-state index contributed by atoms with van der Waals surface area (Å²) in [6.07, 6.45) is -3.24. The number of halogens is 4. The molecule has 0 unspecified atom stereocenters. The Balaban J connectivity index is 3.64. The lowest BCUT2D eigenvalue weighted by molar-refractivity contribution is -0.133. The molecule has 0 aliphatic carbocycles. The SMILES string of the molecule is CC(F)(F)CNC(=O)C(F)F. The normalized spacial score (nSPS) is 11.8. The van der Waals surface area contributed by atoms with Gasteiger partial charge in [-0.3, -0.25) is 4.79 Å². The van der Waals surface area contributed by atoms with E-state index in [1.807, 2.05) is 0 Å². The zero-order valence-corrected chi connectivity index (χ0v) is 5.70. The fourth-order valence-corrected chi connectivity index (χ4v) is 0.319. The van der Waals surface area contributed by atoms with E-state index in [0.29, 0.717) is 6.92 Å². The third-order valence-corrected chi connectivity index (χ3v) is 0.771. The minimum Gasteiger partial charge on any atom is -0.345 e. The molecule has 0 aliphatic rings. The molecule has 0 radical (unpaired) electrons. The summed E-state index contributed by atoms with van der Waals surface area (Å²) in [4.78, 5) is 10.00. The summed E-state index contributed by atoms with van der Waals surface area (Å²) in [6, 6.07) is 0. The molecule has 0 heterocycles. The molecule has 0 aromatic heterocycles. The maximum Gasteiger partial charge on any atom is 0.315 e. The highest BCUT2D eigenvalue weighted by Gasteiger charge is 2.24. The first-order valence-corrected chi connectivity index (χ1v) is 2.76. The van der Waals surface area contributed by atoms with Gasteiger partial charge in [-0.05, 0) is 0 Å². The van der Waals surface area contributed by atoms with Crippen LogP contribution < -0.4 is 5.32 Å². The maximum atomic E-state index is 11.9. The van der Waals surface area contributed by atoms with Gasteiger partial charge in [0.15, 0.2) is 0 Å². The zero-order chi connectivity index (χ0) is 9.07. The van der Waals surface area contributed by atoms with E-state index in [4.69, 9.17) is 0 Å². The smallest absolute Gasteiger partial charge is 0.315 e. The Labute approximate surface area is 60.6 Å². The van der Waals surface area contributed by atoms with Gasteiger partial charge in [0.25, 0.3) is 11.8 Å². The van der Waals surface area contributed by atoms with Crippen molar-refractivity contribution in [2.45, 2.75) is 19.3 Å². The minimum absolute atomic E-state index is 0.527. The third kappa shape index (κ3) is 5.63. The average molecular weight is 173 g/mol. The van der Waals surface area contributed by atoms with E-state index in [2.05, 4.69) is 0 Å². The molecule has 1 N–H and O–H groups in total. The number of alkyl halides is 4. The fraction of sp³-hybridized carbons (Fsp3) is 0.800. The molecule has 0 bridgehead atoms. The summed E-state index contributed by atoms with van der Waals surface area (Å²) in [5, 5.41) is 1.38. The number of hydrogen-bond acceptors (Lipinski definition) is 1. The Morgan fingerprint density at radius 1 is 1.55 bits per heavy atom. The first-order chi connectivity index (χ1) is 4.83. The molecule has 0 fully saturated rings. The molecule has 0 aliphatic heterocycles. The fourth-order valence-electron chi connectivity index (χ4n) is 0.319. The monoisotopic (exact) mass is 173 g/mol. The van der Waals surface area contributed by atoms with Crippen molar-refractivity contribution in [3.8, 4) is 0 Å². The van der Waals surface area contributed by atoms with Crippen molar-refractivity contribution in [2.75, 3.05) is 6.54 Å². The van der Waals surface area contributed by atoms with Crippen LogP contribution in [0.2, 0.25) is 0 Å². The molecule has 0 saturated carbocycles. The lowest BCUT2D eigenvalue weighted by Gasteiger charge is -2.10. The second kappa shape index (κ2) is 3.54. The van der Waals surface area contributed by atoms with E-state index in [1.54, 1.807) is 0 Å². The molecule has 1 amide bonds.